The molecule has 1 aromatic rings. The van der Waals surface area contributed by atoms with Crippen LogP contribution < -0.4 is 0 Å². The Balaban J connectivity index is 3.20. The minimum atomic E-state index is -2.69. The summed E-state index contributed by atoms with van der Waals surface area (Å²) in [6.07, 6.45) is 1.33. The van der Waals surface area contributed by atoms with E-state index in [1.807, 2.05) is 0 Å². The molecule has 0 aromatic carbocycles. The Bertz CT molecular complexity index is 341. The summed E-state index contributed by atoms with van der Waals surface area (Å²) in [5.74, 6) is 0. The third kappa shape index (κ3) is 1.98. The van der Waals surface area contributed by atoms with E-state index in [4.69, 9.17) is 4.78 Å². The minimum Gasteiger partial charge on any atom is -0.248 e. The van der Waals surface area contributed by atoms with Crippen LogP contribution in [0.2, 0.25) is 0 Å². The molecule has 0 spiro atoms. The summed E-state index contributed by atoms with van der Waals surface area (Å²) < 4.78 is 18.2. The smallest absolute Gasteiger partial charge is 0.157 e. The highest BCUT2D eigenvalue weighted by molar-refractivity contribution is 7.91. The summed E-state index contributed by atoms with van der Waals surface area (Å²) in [6, 6.07) is 3.26. The first kappa shape index (κ1) is 8.13. The second kappa shape index (κ2) is 2.58. The van der Waals surface area contributed by atoms with Crippen molar-refractivity contribution >= 4 is 9.73 Å². The zero-order valence-corrected chi connectivity index (χ0v) is 7.18. The van der Waals surface area contributed by atoms with Crippen LogP contribution in [0.3, 0.4) is 0 Å². The normalized spacial score (nSPS) is 15.8. The zero-order valence-electron chi connectivity index (χ0n) is 6.37. The number of rotatable bonds is 1. The molecule has 0 aliphatic carbocycles. The molecule has 1 N–H and O–H groups in total. The van der Waals surface area contributed by atoms with E-state index in [9.17, 15) is 4.21 Å². The number of aromatic nitrogens is 2. The highest BCUT2D eigenvalue weighted by Crippen LogP contribution is 2.03. The summed E-state index contributed by atoms with van der Waals surface area (Å²) in [5, 5.41) is 7.57. The van der Waals surface area contributed by atoms with E-state index >= 15 is 0 Å². The fraction of sp³-hybridized carbons (Fsp3) is 0.333. The summed E-state index contributed by atoms with van der Waals surface area (Å²) in [5.41, 5.74) is 0.761. The zero-order chi connectivity index (χ0) is 8.48. The molecule has 1 unspecified atom stereocenters. The highest BCUT2D eigenvalue weighted by atomic mass is 32.2. The average molecular weight is 171 g/mol. The monoisotopic (exact) mass is 171 g/mol. The molecule has 0 bridgehead atoms. The molecule has 0 fully saturated rings. The Morgan fingerprint density at radius 2 is 2.09 bits per heavy atom. The van der Waals surface area contributed by atoms with Gasteiger partial charge in [-0.3, -0.25) is 0 Å². The van der Waals surface area contributed by atoms with Gasteiger partial charge >= 0.3 is 0 Å². The molecule has 0 aliphatic heterocycles. The first-order valence-corrected chi connectivity index (χ1v) is 5.01. The minimum absolute atomic E-state index is 0.239. The molecular formula is C6H9N3OS. The molecule has 1 atom stereocenters. The van der Waals surface area contributed by atoms with E-state index in [1.54, 1.807) is 19.1 Å². The lowest BCUT2D eigenvalue weighted by molar-refractivity contribution is 0.673. The fourth-order valence-corrected chi connectivity index (χ4v) is 1.12. The lowest BCUT2D eigenvalue weighted by Crippen LogP contribution is -2.00. The van der Waals surface area contributed by atoms with Crippen molar-refractivity contribution in [1.82, 2.24) is 10.2 Å². The molecule has 0 aliphatic rings. The maximum atomic E-state index is 11.1. The van der Waals surface area contributed by atoms with Crippen LogP contribution in [-0.2, 0) is 9.73 Å². The van der Waals surface area contributed by atoms with Gasteiger partial charge in [0, 0.05) is 6.26 Å². The van der Waals surface area contributed by atoms with Crippen molar-refractivity contribution < 1.29 is 4.21 Å². The molecule has 1 heterocycles. The quantitative estimate of drug-likeness (QED) is 0.680. The van der Waals surface area contributed by atoms with Crippen LogP contribution in [-0.4, -0.2) is 20.7 Å². The average Bonchev–Trinajstić information content (AvgIpc) is 1.86. The van der Waals surface area contributed by atoms with Crippen molar-refractivity contribution in [3.63, 3.8) is 0 Å². The Morgan fingerprint density at radius 1 is 1.45 bits per heavy atom. The van der Waals surface area contributed by atoms with Crippen LogP contribution in [0.4, 0.5) is 0 Å². The first-order valence-electron chi connectivity index (χ1n) is 3.04. The summed E-state index contributed by atoms with van der Waals surface area (Å²) >= 11 is 0. The number of aryl methyl sites for hydroxylation is 1. The lowest BCUT2D eigenvalue weighted by Gasteiger charge is -1.97. The summed E-state index contributed by atoms with van der Waals surface area (Å²) in [4.78, 5) is 0. The molecule has 1 aromatic heterocycles. The van der Waals surface area contributed by atoms with Gasteiger partial charge in [-0.1, -0.05) is 0 Å². The first-order chi connectivity index (χ1) is 5.00. The van der Waals surface area contributed by atoms with Gasteiger partial charge in [0.05, 0.1) is 15.4 Å². The van der Waals surface area contributed by atoms with Gasteiger partial charge in [0.1, 0.15) is 0 Å². The molecule has 60 valence electrons. The van der Waals surface area contributed by atoms with Crippen LogP contribution >= 0.6 is 0 Å². The van der Waals surface area contributed by atoms with Crippen molar-refractivity contribution in [3.8, 4) is 0 Å². The van der Waals surface area contributed by atoms with Crippen molar-refractivity contribution in [3.05, 3.63) is 17.8 Å². The topological polar surface area (TPSA) is 66.7 Å². The Labute approximate surface area is 65.6 Å². The van der Waals surface area contributed by atoms with Crippen LogP contribution in [0.1, 0.15) is 5.69 Å². The molecular weight excluding hydrogens is 162 g/mol. The van der Waals surface area contributed by atoms with Crippen LogP contribution in [0.25, 0.3) is 0 Å². The third-order valence-electron chi connectivity index (χ3n) is 1.17. The Hall–Kier alpha value is -0.970. The van der Waals surface area contributed by atoms with E-state index in [1.165, 1.54) is 6.26 Å². The number of nitrogens with zero attached hydrogens (tertiary/aromatic N) is 2. The predicted molar refractivity (Wildman–Crippen MR) is 41.8 cm³/mol. The van der Waals surface area contributed by atoms with Crippen LogP contribution in [0, 0.1) is 11.7 Å². The number of hydrogen-bond donors (Lipinski definition) is 1. The van der Waals surface area contributed by atoms with E-state index in [-0.39, 0.29) is 5.03 Å². The second-order valence-corrected chi connectivity index (χ2v) is 4.46. The number of nitrogens with one attached hydrogen (secondary N) is 1. The van der Waals surface area contributed by atoms with Crippen molar-refractivity contribution in [2.75, 3.05) is 6.26 Å². The fourth-order valence-electron chi connectivity index (χ4n) is 0.594. The molecule has 0 amide bonds. The van der Waals surface area contributed by atoms with Gasteiger partial charge in [-0.05, 0) is 19.1 Å². The van der Waals surface area contributed by atoms with Crippen LogP contribution in [0.15, 0.2) is 17.2 Å². The largest absolute Gasteiger partial charge is 0.248 e. The van der Waals surface area contributed by atoms with Gasteiger partial charge in [-0.2, -0.15) is 5.10 Å². The van der Waals surface area contributed by atoms with Crippen molar-refractivity contribution in [1.29, 1.82) is 4.78 Å². The number of hydrogen-bond acceptors (Lipinski definition) is 4. The van der Waals surface area contributed by atoms with Crippen molar-refractivity contribution in [2.24, 2.45) is 0 Å². The Morgan fingerprint density at radius 3 is 2.45 bits per heavy atom. The molecule has 4 nitrogen and oxygen atoms in total. The second-order valence-electron chi connectivity index (χ2n) is 2.36. The SMILES string of the molecule is Cc1ccc(S(C)(=N)=O)nn1. The van der Waals surface area contributed by atoms with E-state index in [2.05, 4.69) is 10.2 Å². The highest BCUT2D eigenvalue weighted by Gasteiger charge is 2.03. The molecule has 11 heavy (non-hydrogen) atoms. The third-order valence-corrected chi connectivity index (χ3v) is 2.19. The molecule has 0 radical (unpaired) electrons. The lowest BCUT2D eigenvalue weighted by atomic mass is 10.4. The summed E-state index contributed by atoms with van der Waals surface area (Å²) in [7, 11) is -2.69. The van der Waals surface area contributed by atoms with E-state index in [0.717, 1.165) is 5.69 Å². The van der Waals surface area contributed by atoms with Gasteiger partial charge in [-0.15, -0.1) is 5.10 Å². The van der Waals surface area contributed by atoms with Gasteiger partial charge in [0.25, 0.3) is 0 Å². The van der Waals surface area contributed by atoms with Gasteiger partial charge in [-0.25, -0.2) is 8.99 Å². The van der Waals surface area contributed by atoms with E-state index < -0.39 is 9.73 Å². The molecule has 1 rings (SSSR count). The maximum Gasteiger partial charge on any atom is 0.157 e. The molecule has 5 heteroatoms. The van der Waals surface area contributed by atoms with Gasteiger partial charge in [0.15, 0.2) is 5.03 Å². The molecule has 0 saturated heterocycles. The van der Waals surface area contributed by atoms with Gasteiger partial charge < -0.3 is 0 Å². The maximum absolute atomic E-state index is 11.1. The predicted octanol–water partition coefficient (Wildman–Crippen LogP) is 0.820. The summed E-state index contributed by atoms with van der Waals surface area (Å²) in [6.45, 7) is 1.79. The molecule has 0 saturated carbocycles. The van der Waals surface area contributed by atoms with Crippen LogP contribution in [0.5, 0.6) is 0 Å². The van der Waals surface area contributed by atoms with Gasteiger partial charge in [0.2, 0.25) is 0 Å². The van der Waals surface area contributed by atoms with Crippen molar-refractivity contribution in [2.45, 2.75) is 11.9 Å². The van der Waals surface area contributed by atoms with E-state index in [0.29, 0.717) is 0 Å². The standard InChI is InChI=1S/C6H9N3OS/c1-5-3-4-6(9-8-5)11(2,7)10/h3-4,7H,1-2H3. The Kier molecular flexibility index (Phi) is 1.90.